The van der Waals surface area contributed by atoms with Crippen molar-refractivity contribution in [3.63, 3.8) is 0 Å². The highest BCUT2D eigenvalue weighted by Gasteiger charge is 2.51. The zero-order chi connectivity index (χ0) is 14.2. The molecule has 2 rings (SSSR count). The molecule has 1 aliphatic rings. The van der Waals surface area contributed by atoms with Gasteiger partial charge in [0.25, 0.3) is 17.6 Å². The van der Waals surface area contributed by atoms with Crippen LogP contribution >= 0.6 is 0 Å². The highest BCUT2D eigenvalue weighted by atomic mass is 16.7. The number of nitrogens with one attached hydrogen (secondary N) is 1. The molecule has 0 saturated heterocycles. The summed E-state index contributed by atoms with van der Waals surface area (Å²) in [5, 5.41) is 2.54. The Morgan fingerprint density at radius 2 is 1.95 bits per heavy atom. The van der Waals surface area contributed by atoms with E-state index in [0.29, 0.717) is 16.8 Å². The molecule has 0 aromatic heterocycles. The highest BCUT2D eigenvalue weighted by Crippen LogP contribution is 2.42. The fraction of sp³-hybridized carbons (Fsp3) is 0.385. The third-order valence-electron chi connectivity index (χ3n) is 3.36. The molecule has 0 spiro atoms. The van der Waals surface area contributed by atoms with Crippen molar-refractivity contribution in [1.29, 1.82) is 0 Å². The van der Waals surface area contributed by atoms with Crippen LogP contribution in [0.15, 0.2) is 18.2 Å². The molecular weight excluding hydrogens is 248 g/mol. The van der Waals surface area contributed by atoms with E-state index in [0.717, 1.165) is 0 Å². The van der Waals surface area contributed by atoms with Gasteiger partial charge >= 0.3 is 0 Å². The zero-order valence-electron chi connectivity index (χ0n) is 11.3. The van der Waals surface area contributed by atoms with Crippen molar-refractivity contribution in [2.45, 2.75) is 5.79 Å². The summed E-state index contributed by atoms with van der Waals surface area (Å²) in [7, 11) is 5.99. The van der Waals surface area contributed by atoms with Gasteiger partial charge in [0.2, 0.25) is 0 Å². The molecule has 1 aromatic rings. The van der Waals surface area contributed by atoms with Gasteiger partial charge in [0, 0.05) is 39.4 Å². The van der Waals surface area contributed by atoms with E-state index in [4.69, 9.17) is 9.47 Å². The first-order valence-electron chi connectivity index (χ1n) is 5.77. The molecule has 1 aromatic carbocycles. The van der Waals surface area contributed by atoms with E-state index >= 15 is 0 Å². The third-order valence-corrected chi connectivity index (χ3v) is 3.36. The van der Waals surface area contributed by atoms with Crippen LogP contribution in [0.3, 0.4) is 0 Å². The minimum absolute atomic E-state index is 0.231. The second-order valence-corrected chi connectivity index (χ2v) is 4.20. The molecule has 0 bridgehead atoms. The first-order chi connectivity index (χ1) is 9.01. The average molecular weight is 264 g/mol. The predicted octanol–water partition coefficient (Wildman–Crippen LogP) is 0.468. The largest absolute Gasteiger partial charge is 0.355 e. The number of amides is 2. The maximum atomic E-state index is 12.3. The first-order valence-corrected chi connectivity index (χ1v) is 5.77. The van der Waals surface area contributed by atoms with Crippen molar-refractivity contribution in [1.82, 2.24) is 5.32 Å². The van der Waals surface area contributed by atoms with E-state index in [2.05, 4.69) is 5.32 Å². The van der Waals surface area contributed by atoms with Crippen molar-refractivity contribution >= 4 is 17.5 Å². The highest BCUT2D eigenvalue weighted by molar-refractivity contribution is 6.07. The van der Waals surface area contributed by atoms with Gasteiger partial charge in [-0.15, -0.1) is 0 Å². The van der Waals surface area contributed by atoms with Gasteiger partial charge in [-0.25, -0.2) is 0 Å². The molecule has 1 heterocycles. The van der Waals surface area contributed by atoms with Crippen LogP contribution in [-0.2, 0) is 20.1 Å². The number of ether oxygens (including phenoxy) is 2. The van der Waals surface area contributed by atoms with Crippen molar-refractivity contribution in [2.75, 3.05) is 33.2 Å². The Labute approximate surface area is 111 Å². The summed E-state index contributed by atoms with van der Waals surface area (Å²) in [6, 6.07) is 4.98. The van der Waals surface area contributed by atoms with Crippen LogP contribution in [0.5, 0.6) is 0 Å². The lowest BCUT2D eigenvalue weighted by molar-refractivity contribution is -0.208. The number of carbonyl (C=O) groups excluding carboxylic acids is 2. The molecule has 0 aliphatic carbocycles. The second kappa shape index (κ2) is 4.64. The number of rotatable bonds is 3. The fourth-order valence-corrected chi connectivity index (χ4v) is 2.30. The van der Waals surface area contributed by atoms with Crippen LogP contribution in [0.4, 0.5) is 5.69 Å². The smallest absolute Gasteiger partial charge is 0.292 e. The van der Waals surface area contributed by atoms with E-state index in [9.17, 15) is 9.59 Å². The lowest BCUT2D eigenvalue weighted by Gasteiger charge is -2.24. The Bertz CT molecular complexity index is 537. The Morgan fingerprint density at radius 3 is 2.47 bits per heavy atom. The van der Waals surface area contributed by atoms with E-state index in [1.54, 1.807) is 32.3 Å². The number of hydrogen-bond acceptors (Lipinski definition) is 4. The number of methoxy groups -OCH3 is 2. The maximum Gasteiger partial charge on any atom is 0.292 e. The van der Waals surface area contributed by atoms with Crippen LogP contribution in [-0.4, -0.2) is 40.1 Å². The number of hydrogen-bond donors (Lipinski definition) is 1. The molecule has 0 atom stereocenters. The molecule has 19 heavy (non-hydrogen) atoms. The number of nitrogens with zero attached hydrogens (tertiary/aromatic N) is 1. The molecule has 6 nitrogen and oxygen atoms in total. The van der Waals surface area contributed by atoms with E-state index in [-0.39, 0.29) is 11.8 Å². The Morgan fingerprint density at radius 1 is 1.32 bits per heavy atom. The number of likely N-dealkylation sites (N-methyl/N-ethyl adjacent to an activating group) is 1. The van der Waals surface area contributed by atoms with Gasteiger partial charge in [-0.3, -0.25) is 9.59 Å². The summed E-state index contributed by atoms with van der Waals surface area (Å²) in [6.45, 7) is 0. The summed E-state index contributed by atoms with van der Waals surface area (Å²) in [4.78, 5) is 25.4. The molecule has 1 aliphatic heterocycles. The number of fused-ring (bicyclic) bond motifs is 1. The van der Waals surface area contributed by atoms with Gasteiger partial charge in [-0.05, 0) is 18.2 Å². The summed E-state index contributed by atoms with van der Waals surface area (Å²) >= 11 is 0. The van der Waals surface area contributed by atoms with Crippen LogP contribution in [0.2, 0.25) is 0 Å². The van der Waals surface area contributed by atoms with Gasteiger partial charge in [-0.2, -0.15) is 0 Å². The molecule has 2 amide bonds. The molecule has 0 radical (unpaired) electrons. The SMILES string of the molecule is CNC(=O)c1ccc2c(c1)C(OC)(OC)C(=O)N2C. The van der Waals surface area contributed by atoms with Crippen molar-refractivity contribution in [3.05, 3.63) is 29.3 Å². The van der Waals surface area contributed by atoms with Gasteiger partial charge < -0.3 is 19.7 Å². The van der Waals surface area contributed by atoms with E-state index in [1.807, 2.05) is 0 Å². The van der Waals surface area contributed by atoms with E-state index < -0.39 is 5.79 Å². The molecule has 102 valence electrons. The molecule has 0 fully saturated rings. The van der Waals surface area contributed by atoms with Gasteiger partial charge in [-0.1, -0.05) is 0 Å². The van der Waals surface area contributed by atoms with Crippen LogP contribution < -0.4 is 10.2 Å². The molecule has 1 N–H and O–H groups in total. The summed E-state index contributed by atoms with van der Waals surface area (Å²) < 4.78 is 10.6. The zero-order valence-corrected chi connectivity index (χ0v) is 11.3. The number of carbonyl (C=O) groups is 2. The molecule has 0 unspecified atom stereocenters. The Kier molecular flexibility index (Phi) is 3.30. The quantitative estimate of drug-likeness (QED) is 0.806. The topological polar surface area (TPSA) is 67.9 Å². The maximum absolute atomic E-state index is 12.3. The second-order valence-electron chi connectivity index (χ2n) is 4.20. The van der Waals surface area contributed by atoms with E-state index in [1.165, 1.54) is 19.1 Å². The molecule has 6 heteroatoms. The van der Waals surface area contributed by atoms with Gasteiger partial charge in [0.1, 0.15) is 0 Å². The van der Waals surface area contributed by atoms with Crippen LogP contribution in [0.1, 0.15) is 15.9 Å². The minimum Gasteiger partial charge on any atom is -0.355 e. The monoisotopic (exact) mass is 264 g/mol. The lowest BCUT2D eigenvalue weighted by Crippen LogP contribution is -2.41. The standard InChI is InChI=1S/C13H16N2O4/c1-14-11(16)8-5-6-10-9(7-8)13(18-3,19-4)12(17)15(10)2/h5-7H,1-4H3,(H,14,16). The minimum atomic E-state index is -1.48. The Hall–Kier alpha value is -1.92. The van der Waals surface area contributed by atoms with Gasteiger partial charge in [0.15, 0.2) is 0 Å². The number of benzene rings is 1. The van der Waals surface area contributed by atoms with Gasteiger partial charge in [0.05, 0.1) is 5.69 Å². The van der Waals surface area contributed by atoms with Crippen LogP contribution in [0.25, 0.3) is 0 Å². The van der Waals surface area contributed by atoms with Crippen molar-refractivity contribution in [2.24, 2.45) is 0 Å². The van der Waals surface area contributed by atoms with Crippen molar-refractivity contribution < 1.29 is 19.1 Å². The first kappa shape index (κ1) is 13.5. The summed E-state index contributed by atoms with van der Waals surface area (Å²) in [5.41, 5.74) is 1.65. The predicted molar refractivity (Wildman–Crippen MR) is 68.9 cm³/mol. The summed E-state index contributed by atoms with van der Waals surface area (Å²) in [5.74, 6) is -2.03. The summed E-state index contributed by atoms with van der Waals surface area (Å²) in [6.07, 6.45) is 0. The number of anilines is 1. The molecule has 0 saturated carbocycles. The molecular formula is C13H16N2O4. The third kappa shape index (κ3) is 1.72. The van der Waals surface area contributed by atoms with Crippen molar-refractivity contribution in [3.8, 4) is 0 Å². The fourth-order valence-electron chi connectivity index (χ4n) is 2.30. The average Bonchev–Trinajstić information content (AvgIpc) is 2.67. The normalized spacial score (nSPS) is 16.4. The lowest BCUT2D eigenvalue weighted by atomic mass is 10.0. The Balaban J connectivity index is 2.63. The van der Waals surface area contributed by atoms with Crippen LogP contribution in [0, 0.1) is 0 Å².